The highest BCUT2D eigenvalue weighted by Gasteiger charge is 2.29. The van der Waals surface area contributed by atoms with Crippen molar-refractivity contribution in [1.82, 2.24) is 5.32 Å². The molecule has 110 valence electrons. The molecule has 6 heteroatoms. The van der Waals surface area contributed by atoms with Gasteiger partial charge in [0.25, 0.3) is 0 Å². The Morgan fingerprint density at radius 2 is 2.26 bits per heavy atom. The molecular formula is C13H24N2O4. The third kappa shape index (κ3) is 4.72. The number of hydrogen-bond acceptors (Lipinski definition) is 5. The highest BCUT2D eigenvalue weighted by Crippen LogP contribution is 2.18. The molecule has 1 unspecified atom stereocenters. The summed E-state index contributed by atoms with van der Waals surface area (Å²) < 4.78 is 16.4. The fraction of sp³-hybridized carbons (Fsp3) is 0.923. The first kappa shape index (κ1) is 14.7. The van der Waals surface area contributed by atoms with E-state index in [0.29, 0.717) is 26.3 Å². The monoisotopic (exact) mass is 272 g/mol. The lowest BCUT2D eigenvalue weighted by Gasteiger charge is -2.13. The van der Waals surface area contributed by atoms with Crippen molar-refractivity contribution in [3.05, 3.63) is 0 Å². The number of ether oxygens (including phenoxy) is 3. The third-order valence-electron chi connectivity index (χ3n) is 3.52. The molecule has 0 aromatic carbocycles. The van der Waals surface area contributed by atoms with Crippen molar-refractivity contribution in [2.24, 2.45) is 5.73 Å². The molecule has 0 aliphatic carbocycles. The summed E-state index contributed by atoms with van der Waals surface area (Å²) in [4.78, 5) is 11.8. The highest BCUT2D eigenvalue weighted by atomic mass is 16.5. The maximum Gasteiger partial charge on any atom is 0.249 e. The highest BCUT2D eigenvalue weighted by molar-refractivity contribution is 5.80. The molecule has 19 heavy (non-hydrogen) atoms. The Bertz CT molecular complexity index is 282. The van der Waals surface area contributed by atoms with E-state index in [-0.39, 0.29) is 24.2 Å². The molecular weight excluding hydrogens is 248 g/mol. The second-order valence-electron chi connectivity index (χ2n) is 5.06. The van der Waals surface area contributed by atoms with Gasteiger partial charge in [-0.3, -0.25) is 4.79 Å². The van der Waals surface area contributed by atoms with Crippen LogP contribution in [0.25, 0.3) is 0 Å². The van der Waals surface area contributed by atoms with Crippen LogP contribution in [0.1, 0.15) is 25.7 Å². The van der Waals surface area contributed by atoms with E-state index in [0.717, 1.165) is 32.3 Å². The number of amides is 1. The van der Waals surface area contributed by atoms with Gasteiger partial charge in [-0.2, -0.15) is 0 Å². The van der Waals surface area contributed by atoms with Gasteiger partial charge in [0, 0.05) is 26.3 Å². The zero-order valence-electron chi connectivity index (χ0n) is 11.3. The Morgan fingerprint density at radius 1 is 1.37 bits per heavy atom. The van der Waals surface area contributed by atoms with E-state index in [2.05, 4.69) is 5.32 Å². The van der Waals surface area contributed by atoms with Crippen molar-refractivity contribution in [3.8, 4) is 0 Å². The Kier molecular flexibility index (Phi) is 6.03. The van der Waals surface area contributed by atoms with Crippen LogP contribution in [0.4, 0.5) is 0 Å². The first-order valence-electron chi connectivity index (χ1n) is 7.12. The van der Waals surface area contributed by atoms with Gasteiger partial charge < -0.3 is 25.3 Å². The average molecular weight is 272 g/mol. The van der Waals surface area contributed by atoms with Crippen LogP contribution in [0.15, 0.2) is 0 Å². The topological polar surface area (TPSA) is 82.8 Å². The van der Waals surface area contributed by atoms with Gasteiger partial charge in [0.05, 0.1) is 18.8 Å². The molecule has 1 amide bonds. The fourth-order valence-corrected chi connectivity index (χ4v) is 2.36. The molecule has 2 aliphatic rings. The Hall–Kier alpha value is -0.690. The van der Waals surface area contributed by atoms with Crippen molar-refractivity contribution < 1.29 is 19.0 Å². The van der Waals surface area contributed by atoms with Crippen LogP contribution < -0.4 is 11.1 Å². The normalized spacial score (nSPS) is 30.7. The second-order valence-corrected chi connectivity index (χ2v) is 5.06. The number of hydrogen-bond donors (Lipinski definition) is 2. The van der Waals surface area contributed by atoms with Crippen molar-refractivity contribution in [1.29, 1.82) is 0 Å². The van der Waals surface area contributed by atoms with Crippen molar-refractivity contribution >= 4 is 5.91 Å². The van der Waals surface area contributed by atoms with Crippen LogP contribution in [0.5, 0.6) is 0 Å². The molecule has 2 rings (SSSR count). The lowest BCUT2D eigenvalue weighted by molar-refractivity contribution is -0.131. The second kappa shape index (κ2) is 7.79. The van der Waals surface area contributed by atoms with Crippen molar-refractivity contribution in [2.75, 3.05) is 32.9 Å². The van der Waals surface area contributed by atoms with Crippen LogP contribution in [-0.4, -0.2) is 57.1 Å². The predicted molar refractivity (Wildman–Crippen MR) is 69.8 cm³/mol. The molecule has 0 saturated carbocycles. The van der Waals surface area contributed by atoms with E-state index in [1.165, 1.54) is 0 Å². The Labute approximate surface area is 113 Å². The van der Waals surface area contributed by atoms with E-state index in [1.54, 1.807) is 0 Å². The van der Waals surface area contributed by atoms with E-state index in [9.17, 15) is 4.79 Å². The third-order valence-corrected chi connectivity index (χ3v) is 3.52. The first-order chi connectivity index (χ1) is 9.29. The molecule has 0 radical (unpaired) electrons. The van der Waals surface area contributed by atoms with E-state index >= 15 is 0 Å². The molecule has 2 fully saturated rings. The number of carbonyl (C=O) groups is 1. The van der Waals surface area contributed by atoms with Crippen LogP contribution in [-0.2, 0) is 19.0 Å². The summed E-state index contributed by atoms with van der Waals surface area (Å²) in [6.45, 7) is 3.26. The molecule has 0 bridgehead atoms. The van der Waals surface area contributed by atoms with Gasteiger partial charge in [0.15, 0.2) is 0 Å². The van der Waals surface area contributed by atoms with Crippen molar-refractivity contribution in [3.63, 3.8) is 0 Å². The molecule has 0 aromatic heterocycles. The molecule has 3 atom stereocenters. The zero-order chi connectivity index (χ0) is 13.5. The summed E-state index contributed by atoms with van der Waals surface area (Å²) in [5.41, 5.74) is 5.51. The number of nitrogens with one attached hydrogen (secondary N) is 1. The molecule has 2 aliphatic heterocycles. The van der Waals surface area contributed by atoms with Gasteiger partial charge in [-0.25, -0.2) is 0 Å². The van der Waals surface area contributed by atoms with Crippen LogP contribution in [0.2, 0.25) is 0 Å². The SMILES string of the molecule is NC[C@H]1CC[C@@H](C(=O)NCCCOC2CCOC2)O1. The number of rotatable bonds is 7. The van der Waals surface area contributed by atoms with E-state index in [1.807, 2.05) is 0 Å². The average Bonchev–Trinajstić information content (AvgIpc) is 3.09. The summed E-state index contributed by atoms with van der Waals surface area (Å²) in [5.74, 6) is -0.0276. The summed E-state index contributed by atoms with van der Waals surface area (Å²) >= 11 is 0. The minimum absolute atomic E-state index is 0.0276. The number of carbonyl (C=O) groups excluding carboxylic acids is 1. The quantitative estimate of drug-likeness (QED) is 0.627. The summed E-state index contributed by atoms with van der Waals surface area (Å²) in [5, 5.41) is 2.88. The van der Waals surface area contributed by atoms with Gasteiger partial charge in [-0.05, 0) is 25.7 Å². The van der Waals surface area contributed by atoms with Gasteiger partial charge in [-0.15, -0.1) is 0 Å². The van der Waals surface area contributed by atoms with E-state index in [4.69, 9.17) is 19.9 Å². The predicted octanol–water partition coefficient (Wildman–Crippen LogP) is -0.195. The molecule has 2 heterocycles. The van der Waals surface area contributed by atoms with Gasteiger partial charge in [0.2, 0.25) is 5.91 Å². The lowest BCUT2D eigenvalue weighted by atomic mass is 10.2. The maximum atomic E-state index is 11.8. The standard InChI is InChI=1S/C13H24N2O4/c14-8-10-2-3-12(19-10)13(16)15-5-1-6-18-11-4-7-17-9-11/h10-12H,1-9,14H2,(H,15,16)/t10-,11?,12+/m1/s1. The van der Waals surface area contributed by atoms with Crippen LogP contribution >= 0.6 is 0 Å². The maximum absolute atomic E-state index is 11.8. The van der Waals surface area contributed by atoms with Crippen LogP contribution in [0, 0.1) is 0 Å². The largest absolute Gasteiger partial charge is 0.379 e. The summed E-state index contributed by atoms with van der Waals surface area (Å²) in [6, 6.07) is 0. The minimum Gasteiger partial charge on any atom is -0.379 e. The van der Waals surface area contributed by atoms with Gasteiger partial charge >= 0.3 is 0 Å². The Balaban J connectivity index is 1.49. The number of nitrogens with two attached hydrogens (primary N) is 1. The zero-order valence-corrected chi connectivity index (χ0v) is 11.3. The molecule has 0 spiro atoms. The fourth-order valence-electron chi connectivity index (χ4n) is 2.36. The summed E-state index contributed by atoms with van der Waals surface area (Å²) in [7, 11) is 0. The smallest absolute Gasteiger partial charge is 0.249 e. The molecule has 3 N–H and O–H groups in total. The van der Waals surface area contributed by atoms with E-state index < -0.39 is 0 Å². The molecule has 2 saturated heterocycles. The molecule has 0 aromatic rings. The van der Waals surface area contributed by atoms with Gasteiger partial charge in [0.1, 0.15) is 6.10 Å². The minimum atomic E-state index is -0.322. The molecule has 6 nitrogen and oxygen atoms in total. The lowest BCUT2D eigenvalue weighted by Crippen LogP contribution is -2.36. The first-order valence-corrected chi connectivity index (χ1v) is 7.12. The van der Waals surface area contributed by atoms with Crippen molar-refractivity contribution in [2.45, 2.75) is 44.0 Å². The van der Waals surface area contributed by atoms with Gasteiger partial charge in [-0.1, -0.05) is 0 Å². The van der Waals surface area contributed by atoms with Crippen LogP contribution in [0.3, 0.4) is 0 Å². The Morgan fingerprint density at radius 3 is 2.95 bits per heavy atom. The summed E-state index contributed by atoms with van der Waals surface area (Å²) in [6.07, 6.45) is 3.39.